The minimum absolute atomic E-state index is 0.0674. The van der Waals surface area contributed by atoms with E-state index in [1.54, 1.807) is 0 Å². The zero-order valence-corrected chi connectivity index (χ0v) is 14.7. The number of amidine groups is 2. The Morgan fingerprint density at radius 3 is 2.00 bits per heavy atom. The van der Waals surface area contributed by atoms with Gasteiger partial charge < -0.3 is 31.9 Å². The summed E-state index contributed by atoms with van der Waals surface area (Å²) < 4.78 is 1.23. The van der Waals surface area contributed by atoms with Crippen molar-refractivity contribution in [1.29, 1.82) is 5.41 Å². The molecule has 0 aliphatic heterocycles. The lowest BCUT2D eigenvalue weighted by molar-refractivity contribution is -0.603. The number of aliphatic hydroxyl groups excluding tert-OH is 2. The van der Waals surface area contributed by atoms with Crippen molar-refractivity contribution in [1.82, 2.24) is 0 Å². The third-order valence-electron chi connectivity index (χ3n) is 3.41. The van der Waals surface area contributed by atoms with Crippen molar-refractivity contribution in [3.05, 3.63) is 0 Å². The molecule has 0 rings (SSSR count). The van der Waals surface area contributed by atoms with Crippen LogP contribution in [-0.4, -0.2) is 87.1 Å². The minimum Gasteiger partial charge on any atom is -0.481 e. The molecule has 0 aliphatic carbocycles. The SMILES string of the molecule is CC(CN=[N+](CC(C)C(=O)O)CC(O)C(N)=NCC(O)C(=N)N)C(=O)O. The summed E-state index contributed by atoms with van der Waals surface area (Å²) in [5.74, 6) is -4.47. The first-order valence-electron chi connectivity index (χ1n) is 7.83. The Labute approximate surface area is 150 Å². The Morgan fingerprint density at radius 1 is 1.00 bits per heavy atom. The highest BCUT2D eigenvalue weighted by atomic mass is 16.4. The number of aliphatic imine (C=N–C) groups is 1. The van der Waals surface area contributed by atoms with Gasteiger partial charge >= 0.3 is 11.9 Å². The summed E-state index contributed by atoms with van der Waals surface area (Å²) in [6, 6.07) is 0. The molecule has 0 aromatic rings. The van der Waals surface area contributed by atoms with Gasteiger partial charge in [-0.1, -0.05) is 0 Å². The Morgan fingerprint density at radius 2 is 1.54 bits per heavy atom. The summed E-state index contributed by atoms with van der Waals surface area (Å²) in [5, 5.41) is 48.4. The van der Waals surface area contributed by atoms with E-state index < -0.39 is 41.8 Å². The van der Waals surface area contributed by atoms with E-state index in [2.05, 4.69) is 10.1 Å². The maximum atomic E-state index is 11.0. The van der Waals surface area contributed by atoms with Crippen LogP contribution in [0.2, 0.25) is 0 Å². The first kappa shape index (κ1) is 23.4. The molecule has 0 aromatic carbocycles. The van der Waals surface area contributed by atoms with Gasteiger partial charge in [-0.15, -0.1) is 4.70 Å². The van der Waals surface area contributed by atoms with E-state index in [4.69, 9.17) is 27.1 Å². The van der Waals surface area contributed by atoms with Gasteiger partial charge in [-0.25, -0.2) is 0 Å². The average molecular weight is 375 g/mol. The molecule has 9 N–H and O–H groups in total. The lowest BCUT2D eigenvalue weighted by Crippen LogP contribution is -2.39. The summed E-state index contributed by atoms with van der Waals surface area (Å²) >= 11 is 0. The second kappa shape index (κ2) is 11.1. The standard InChI is InChI=1S/C14H26N6O6/c1-7(13(23)24)3-19-20(5-8(2)14(25)26)6-10(22)12(17)18-4-9(21)11(15)16/h7-10,21-22H,3-6H2,1-2H3,(H6-,15,16,17,18,23,24,25,26)/p+1. The van der Waals surface area contributed by atoms with Crippen LogP contribution in [0.4, 0.5) is 0 Å². The molecule has 4 atom stereocenters. The van der Waals surface area contributed by atoms with Gasteiger partial charge in [0.25, 0.3) is 0 Å². The smallest absolute Gasteiger partial charge is 0.312 e. The van der Waals surface area contributed by atoms with Crippen LogP contribution in [0, 0.1) is 17.2 Å². The molecule has 12 heteroatoms. The van der Waals surface area contributed by atoms with Crippen LogP contribution in [0.1, 0.15) is 13.8 Å². The van der Waals surface area contributed by atoms with Gasteiger partial charge in [0, 0.05) is 0 Å². The lowest BCUT2D eigenvalue weighted by atomic mass is 10.2. The maximum absolute atomic E-state index is 11.0. The predicted octanol–water partition coefficient (Wildman–Crippen LogP) is -2.09. The van der Waals surface area contributed by atoms with Crippen molar-refractivity contribution in [2.24, 2.45) is 33.4 Å². The van der Waals surface area contributed by atoms with Gasteiger partial charge in [0.2, 0.25) is 6.54 Å². The van der Waals surface area contributed by atoms with E-state index in [1.165, 1.54) is 18.5 Å². The minimum atomic E-state index is -1.33. The Hall–Kier alpha value is -2.60. The van der Waals surface area contributed by atoms with Crippen molar-refractivity contribution in [3.8, 4) is 0 Å². The van der Waals surface area contributed by atoms with Crippen LogP contribution in [0.15, 0.2) is 10.1 Å². The molecule has 0 aromatic heterocycles. The Balaban J connectivity index is 5.10. The molecule has 0 bridgehead atoms. The molecular weight excluding hydrogens is 348 g/mol. The first-order chi connectivity index (χ1) is 12.0. The van der Waals surface area contributed by atoms with Crippen LogP contribution < -0.4 is 11.5 Å². The number of carboxylic acids is 2. The van der Waals surface area contributed by atoms with Crippen LogP contribution in [0.3, 0.4) is 0 Å². The summed E-state index contributed by atoms with van der Waals surface area (Å²) in [4.78, 5) is 25.6. The zero-order chi connectivity index (χ0) is 20.4. The van der Waals surface area contributed by atoms with Crippen LogP contribution in [0.5, 0.6) is 0 Å². The number of azo groups is 2. The summed E-state index contributed by atoms with van der Waals surface area (Å²) in [5.41, 5.74) is 10.7. The molecule has 12 nitrogen and oxygen atoms in total. The highest BCUT2D eigenvalue weighted by Crippen LogP contribution is 2.02. The number of aliphatic hydroxyl groups is 2. The first-order valence-corrected chi connectivity index (χ1v) is 7.83. The fraction of sp³-hybridized carbons (Fsp3) is 0.714. The zero-order valence-electron chi connectivity index (χ0n) is 14.7. The predicted molar refractivity (Wildman–Crippen MR) is 91.3 cm³/mol. The fourth-order valence-electron chi connectivity index (χ4n) is 1.59. The number of carboxylic acid groups (broad SMARTS) is 2. The third-order valence-corrected chi connectivity index (χ3v) is 3.41. The number of carbonyl (C=O) groups is 2. The normalized spacial score (nSPS) is 17.2. The number of nitrogens with one attached hydrogen (secondary N) is 1. The quantitative estimate of drug-likeness (QED) is 0.0865. The molecule has 0 fully saturated rings. The third kappa shape index (κ3) is 9.03. The van der Waals surface area contributed by atoms with Crippen molar-refractivity contribution >= 4 is 23.6 Å². The van der Waals surface area contributed by atoms with Crippen molar-refractivity contribution in [3.63, 3.8) is 0 Å². The Bertz CT molecular complexity index is 578. The van der Waals surface area contributed by atoms with Crippen molar-refractivity contribution < 1.29 is 34.7 Å². The van der Waals surface area contributed by atoms with Gasteiger partial charge in [-0.2, -0.15) is 0 Å². The van der Waals surface area contributed by atoms with Gasteiger partial charge in [0.05, 0.1) is 12.5 Å². The molecule has 0 saturated heterocycles. The average Bonchev–Trinajstić information content (AvgIpc) is 2.55. The topological polar surface area (TPSA) is 219 Å². The van der Waals surface area contributed by atoms with Gasteiger partial charge in [-0.3, -0.25) is 20.0 Å². The van der Waals surface area contributed by atoms with Gasteiger partial charge in [-0.05, 0) is 19.0 Å². The van der Waals surface area contributed by atoms with E-state index in [0.29, 0.717) is 0 Å². The van der Waals surface area contributed by atoms with Gasteiger partial charge in [0.15, 0.2) is 12.6 Å². The molecule has 0 radical (unpaired) electrons. The molecular formula is C14H27N6O6+. The number of nitrogens with zero attached hydrogens (tertiary/aromatic N) is 3. The molecule has 0 spiro atoms. The number of hydrogen-bond donors (Lipinski definition) is 7. The van der Waals surface area contributed by atoms with E-state index in [1.807, 2.05) is 0 Å². The molecule has 4 unspecified atom stereocenters. The monoisotopic (exact) mass is 375 g/mol. The summed E-state index contributed by atoms with van der Waals surface area (Å²) in [6.07, 6.45) is -2.66. The highest BCUT2D eigenvalue weighted by Gasteiger charge is 2.25. The van der Waals surface area contributed by atoms with E-state index in [9.17, 15) is 19.8 Å². The Kier molecular flexibility index (Phi) is 9.99. The molecule has 148 valence electrons. The highest BCUT2D eigenvalue weighted by molar-refractivity contribution is 5.86. The van der Waals surface area contributed by atoms with Crippen LogP contribution >= 0.6 is 0 Å². The second-order valence-corrected chi connectivity index (χ2v) is 5.93. The molecule has 0 amide bonds. The number of nitrogens with two attached hydrogens (primary N) is 2. The molecule has 0 aliphatic rings. The van der Waals surface area contributed by atoms with Crippen molar-refractivity contribution in [2.45, 2.75) is 26.1 Å². The lowest BCUT2D eigenvalue weighted by Gasteiger charge is -2.11. The van der Waals surface area contributed by atoms with E-state index in [0.717, 1.165) is 0 Å². The number of rotatable bonds is 12. The van der Waals surface area contributed by atoms with E-state index in [-0.39, 0.29) is 32.0 Å². The molecule has 0 heterocycles. The summed E-state index contributed by atoms with van der Waals surface area (Å²) in [7, 11) is 0. The number of aliphatic carboxylic acids is 2. The second-order valence-electron chi connectivity index (χ2n) is 5.93. The van der Waals surface area contributed by atoms with Crippen LogP contribution in [0.25, 0.3) is 0 Å². The summed E-state index contributed by atoms with van der Waals surface area (Å²) in [6.45, 7) is 2.20. The van der Waals surface area contributed by atoms with E-state index >= 15 is 0 Å². The largest absolute Gasteiger partial charge is 0.481 e. The van der Waals surface area contributed by atoms with Gasteiger partial charge in [0.1, 0.15) is 30.2 Å². The molecule has 26 heavy (non-hydrogen) atoms. The van der Waals surface area contributed by atoms with Crippen molar-refractivity contribution in [2.75, 3.05) is 26.2 Å². The fourth-order valence-corrected chi connectivity index (χ4v) is 1.59. The maximum Gasteiger partial charge on any atom is 0.312 e. The van der Waals surface area contributed by atoms with Crippen LogP contribution in [-0.2, 0) is 9.59 Å². The molecule has 0 saturated carbocycles. The number of hydrogen-bond acceptors (Lipinski definition) is 7.